The van der Waals surface area contributed by atoms with Gasteiger partial charge in [-0.15, -0.1) is 0 Å². The number of aliphatic hydroxyl groups excluding tert-OH is 1. The minimum atomic E-state index is -0.916. The molecule has 9 nitrogen and oxygen atoms in total. The first-order valence-corrected chi connectivity index (χ1v) is 9.39. The van der Waals surface area contributed by atoms with E-state index in [-0.39, 0.29) is 23.6 Å². The van der Waals surface area contributed by atoms with Crippen molar-refractivity contribution in [2.45, 2.75) is 12.5 Å². The van der Waals surface area contributed by atoms with Gasteiger partial charge in [-0.2, -0.15) is 0 Å². The molecule has 30 heavy (non-hydrogen) atoms. The second kappa shape index (κ2) is 8.83. The van der Waals surface area contributed by atoms with Crippen LogP contribution in [0.15, 0.2) is 54.4 Å². The summed E-state index contributed by atoms with van der Waals surface area (Å²) in [6, 6.07) is 7.92. The number of aliphatic hydroxyl groups is 1. The molecule has 1 amide bonds. The molecule has 2 heterocycles. The zero-order valence-electron chi connectivity index (χ0n) is 16.7. The van der Waals surface area contributed by atoms with Crippen LogP contribution < -0.4 is 0 Å². The van der Waals surface area contributed by atoms with Crippen LogP contribution in [0.1, 0.15) is 23.6 Å². The number of rotatable bonds is 7. The summed E-state index contributed by atoms with van der Waals surface area (Å²) < 4.78 is 0. The number of carbonyl (C=O) groups is 2. The van der Waals surface area contributed by atoms with Crippen molar-refractivity contribution < 1.29 is 19.6 Å². The summed E-state index contributed by atoms with van der Waals surface area (Å²) in [4.78, 5) is 43.6. The molecule has 0 bridgehead atoms. The normalized spacial score (nSPS) is 18.2. The standard InChI is InChI=1S/C21H22N4O5/c1-23(2)11-4-12-24-18(15-5-3-6-16(13-15)25(29)30)17(20(27)21(24)28)19(26)14-7-9-22-10-8-14/h3,5-10,13,18,26H,4,11-12H2,1-2H3/t18-/m0/s1. The van der Waals surface area contributed by atoms with Crippen molar-refractivity contribution in [2.75, 3.05) is 27.2 Å². The van der Waals surface area contributed by atoms with E-state index in [9.17, 15) is 24.8 Å². The fourth-order valence-corrected chi connectivity index (χ4v) is 3.49. The van der Waals surface area contributed by atoms with Crippen LogP contribution in [-0.2, 0) is 9.59 Å². The lowest BCUT2D eigenvalue weighted by Gasteiger charge is -2.25. The van der Waals surface area contributed by atoms with Gasteiger partial charge in [0.15, 0.2) is 0 Å². The number of nitro benzene ring substituents is 1. The number of aromatic nitrogens is 1. The van der Waals surface area contributed by atoms with Crippen LogP contribution in [0.4, 0.5) is 5.69 Å². The molecule has 1 saturated heterocycles. The molecule has 0 unspecified atom stereocenters. The molecule has 1 N–H and O–H groups in total. The van der Waals surface area contributed by atoms with Gasteiger partial charge >= 0.3 is 0 Å². The third-order valence-electron chi connectivity index (χ3n) is 4.89. The number of nitrogens with zero attached hydrogens (tertiary/aromatic N) is 4. The highest BCUT2D eigenvalue weighted by atomic mass is 16.6. The van der Waals surface area contributed by atoms with Crippen LogP contribution in [0, 0.1) is 10.1 Å². The first-order valence-electron chi connectivity index (χ1n) is 9.39. The molecular weight excluding hydrogens is 388 g/mol. The van der Waals surface area contributed by atoms with Crippen molar-refractivity contribution in [2.24, 2.45) is 0 Å². The molecule has 3 rings (SSSR count). The van der Waals surface area contributed by atoms with Gasteiger partial charge in [-0.25, -0.2) is 0 Å². The quantitative estimate of drug-likeness (QED) is 0.245. The first kappa shape index (κ1) is 21.1. The van der Waals surface area contributed by atoms with Crippen molar-refractivity contribution in [3.8, 4) is 0 Å². The van der Waals surface area contributed by atoms with Gasteiger partial charge < -0.3 is 14.9 Å². The monoisotopic (exact) mass is 410 g/mol. The molecule has 0 spiro atoms. The number of carbonyl (C=O) groups excluding carboxylic acids is 2. The molecule has 9 heteroatoms. The van der Waals surface area contributed by atoms with E-state index in [0.29, 0.717) is 24.1 Å². The average Bonchev–Trinajstić information content (AvgIpc) is 2.98. The van der Waals surface area contributed by atoms with Crippen LogP contribution in [-0.4, -0.2) is 63.7 Å². The first-order chi connectivity index (χ1) is 14.3. The number of Topliss-reactive ketones (excluding diaryl/α,β-unsaturated/α-hetero) is 1. The van der Waals surface area contributed by atoms with E-state index in [2.05, 4.69) is 4.98 Å². The van der Waals surface area contributed by atoms with Gasteiger partial charge in [0.1, 0.15) is 5.76 Å². The Bertz CT molecular complexity index is 1000. The number of nitro groups is 1. The molecule has 1 atom stereocenters. The van der Waals surface area contributed by atoms with Crippen LogP contribution in [0.5, 0.6) is 0 Å². The Balaban J connectivity index is 2.12. The van der Waals surface area contributed by atoms with Gasteiger partial charge in [0.25, 0.3) is 17.4 Å². The zero-order valence-corrected chi connectivity index (χ0v) is 16.7. The lowest BCUT2D eigenvalue weighted by molar-refractivity contribution is -0.384. The van der Waals surface area contributed by atoms with Gasteiger partial charge in [0.2, 0.25) is 0 Å². The number of likely N-dealkylation sites (tertiary alicyclic amines) is 1. The number of hydrogen-bond donors (Lipinski definition) is 1. The van der Waals surface area contributed by atoms with Crippen molar-refractivity contribution in [1.29, 1.82) is 0 Å². The Morgan fingerprint density at radius 1 is 1.23 bits per heavy atom. The molecule has 156 valence electrons. The van der Waals surface area contributed by atoms with Crippen LogP contribution >= 0.6 is 0 Å². The highest BCUT2D eigenvalue weighted by Crippen LogP contribution is 2.40. The summed E-state index contributed by atoms with van der Waals surface area (Å²) in [7, 11) is 3.80. The lowest BCUT2D eigenvalue weighted by atomic mass is 9.95. The largest absolute Gasteiger partial charge is 0.507 e. The van der Waals surface area contributed by atoms with Gasteiger partial charge in [-0.3, -0.25) is 24.7 Å². The maximum atomic E-state index is 12.9. The molecule has 0 aliphatic carbocycles. The Morgan fingerprint density at radius 2 is 1.93 bits per heavy atom. The van der Waals surface area contributed by atoms with E-state index < -0.39 is 22.7 Å². The van der Waals surface area contributed by atoms with Gasteiger partial charge in [0, 0.05) is 36.6 Å². The molecule has 1 aliphatic heterocycles. The maximum absolute atomic E-state index is 12.9. The number of pyridine rings is 1. The molecule has 0 radical (unpaired) electrons. The summed E-state index contributed by atoms with van der Waals surface area (Å²) in [6.07, 6.45) is 3.52. The minimum Gasteiger partial charge on any atom is -0.507 e. The van der Waals surface area contributed by atoms with E-state index in [4.69, 9.17) is 0 Å². The van der Waals surface area contributed by atoms with E-state index in [1.165, 1.54) is 47.6 Å². The molecule has 1 aromatic heterocycles. The third kappa shape index (κ3) is 4.20. The Labute approximate surface area is 173 Å². The Kier molecular flexibility index (Phi) is 6.22. The molecule has 1 aliphatic rings. The minimum absolute atomic E-state index is 0.0865. The number of hydrogen-bond acceptors (Lipinski definition) is 7. The average molecular weight is 410 g/mol. The molecule has 1 fully saturated rings. The molecule has 0 saturated carbocycles. The molecule has 1 aromatic carbocycles. The van der Waals surface area contributed by atoms with E-state index in [1.54, 1.807) is 6.07 Å². The SMILES string of the molecule is CN(C)CCCN1C(=O)C(=O)C(=C(O)c2ccncc2)[C@@H]1c1cccc([N+](=O)[O-])c1. The highest BCUT2D eigenvalue weighted by molar-refractivity contribution is 6.46. The zero-order chi connectivity index (χ0) is 21.8. The maximum Gasteiger partial charge on any atom is 0.295 e. The smallest absolute Gasteiger partial charge is 0.295 e. The van der Waals surface area contributed by atoms with Gasteiger partial charge in [-0.05, 0) is 44.8 Å². The van der Waals surface area contributed by atoms with Crippen molar-refractivity contribution in [3.05, 3.63) is 75.6 Å². The Morgan fingerprint density at radius 3 is 2.57 bits per heavy atom. The predicted molar refractivity (Wildman–Crippen MR) is 110 cm³/mol. The second-order valence-corrected chi connectivity index (χ2v) is 7.24. The fourth-order valence-electron chi connectivity index (χ4n) is 3.49. The van der Waals surface area contributed by atoms with E-state index in [1.807, 2.05) is 19.0 Å². The topological polar surface area (TPSA) is 117 Å². The van der Waals surface area contributed by atoms with Gasteiger partial charge in [-0.1, -0.05) is 12.1 Å². The van der Waals surface area contributed by atoms with E-state index in [0.717, 1.165) is 0 Å². The highest BCUT2D eigenvalue weighted by Gasteiger charge is 2.46. The molecular formula is C21H22N4O5. The van der Waals surface area contributed by atoms with Gasteiger partial charge in [0.05, 0.1) is 16.5 Å². The van der Waals surface area contributed by atoms with Crippen molar-refractivity contribution in [1.82, 2.24) is 14.8 Å². The van der Waals surface area contributed by atoms with Crippen molar-refractivity contribution >= 4 is 23.1 Å². The van der Waals surface area contributed by atoms with Crippen molar-refractivity contribution in [3.63, 3.8) is 0 Å². The van der Waals surface area contributed by atoms with E-state index >= 15 is 0 Å². The third-order valence-corrected chi connectivity index (χ3v) is 4.89. The summed E-state index contributed by atoms with van der Waals surface area (Å²) in [6.45, 7) is 0.957. The number of non-ortho nitro benzene ring substituents is 1. The summed E-state index contributed by atoms with van der Waals surface area (Å²) in [5, 5.41) is 22.1. The molecule has 2 aromatic rings. The van der Waals surface area contributed by atoms with Crippen LogP contribution in [0.2, 0.25) is 0 Å². The predicted octanol–water partition coefficient (Wildman–Crippen LogP) is 2.36. The fraction of sp³-hybridized carbons (Fsp3) is 0.286. The summed E-state index contributed by atoms with van der Waals surface area (Å²) in [5.74, 6) is -1.88. The second-order valence-electron chi connectivity index (χ2n) is 7.24. The van der Waals surface area contributed by atoms with Crippen LogP contribution in [0.25, 0.3) is 5.76 Å². The van der Waals surface area contributed by atoms with Crippen LogP contribution in [0.3, 0.4) is 0 Å². The number of amides is 1. The summed E-state index contributed by atoms with van der Waals surface area (Å²) in [5.41, 5.74) is 0.488. The lowest BCUT2D eigenvalue weighted by Crippen LogP contribution is -2.32. The number of benzene rings is 1. The number of ketones is 1. The summed E-state index contributed by atoms with van der Waals surface area (Å²) >= 11 is 0. The Hall–Kier alpha value is -3.59.